The molecular weight excluding hydrogens is 312 g/mol. The Hall–Kier alpha value is -1.50. The van der Waals surface area contributed by atoms with Gasteiger partial charge in [0.1, 0.15) is 6.07 Å². The number of hydrogen-bond donors (Lipinski definition) is 1. The molecule has 0 amide bonds. The van der Waals surface area contributed by atoms with E-state index in [-0.39, 0.29) is 0 Å². The molecule has 0 aliphatic carbocycles. The molecule has 0 spiro atoms. The molecule has 0 fully saturated rings. The molecule has 0 bridgehead atoms. The van der Waals surface area contributed by atoms with Gasteiger partial charge < -0.3 is 5.32 Å². The first-order chi connectivity index (χ1) is 8.70. The minimum atomic E-state index is 0.631. The molecule has 1 N–H and O–H groups in total. The van der Waals surface area contributed by atoms with Crippen LogP contribution in [-0.2, 0) is 6.54 Å². The standard InChI is InChI=1S/C14H10BrClN2/c15-12-6-5-10(7-13(12)16)9-18-14-4-2-1-3-11(14)8-17/h1-7,18H,9H2. The van der Waals surface area contributed by atoms with Crippen LogP contribution in [0.2, 0.25) is 5.02 Å². The molecule has 0 radical (unpaired) electrons. The lowest BCUT2D eigenvalue weighted by atomic mass is 10.1. The summed E-state index contributed by atoms with van der Waals surface area (Å²) < 4.78 is 0.880. The zero-order valence-electron chi connectivity index (χ0n) is 9.45. The van der Waals surface area contributed by atoms with Crippen molar-refractivity contribution in [2.75, 3.05) is 5.32 Å². The van der Waals surface area contributed by atoms with E-state index in [1.54, 1.807) is 6.07 Å². The van der Waals surface area contributed by atoms with Crippen molar-refractivity contribution < 1.29 is 0 Å². The van der Waals surface area contributed by atoms with Gasteiger partial charge in [-0.3, -0.25) is 0 Å². The van der Waals surface area contributed by atoms with E-state index < -0.39 is 0 Å². The first-order valence-corrected chi connectivity index (χ1v) is 6.55. The number of benzene rings is 2. The predicted molar refractivity (Wildman–Crippen MR) is 77.6 cm³/mol. The van der Waals surface area contributed by atoms with Crippen molar-refractivity contribution in [2.45, 2.75) is 6.54 Å². The lowest BCUT2D eigenvalue weighted by Gasteiger charge is -2.08. The minimum Gasteiger partial charge on any atom is -0.380 e. The molecule has 0 atom stereocenters. The van der Waals surface area contributed by atoms with Crippen molar-refractivity contribution >= 4 is 33.2 Å². The van der Waals surface area contributed by atoms with Gasteiger partial charge in [-0.2, -0.15) is 5.26 Å². The van der Waals surface area contributed by atoms with Crippen LogP contribution < -0.4 is 5.32 Å². The van der Waals surface area contributed by atoms with Crippen LogP contribution >= 0.6 is 27.5 Å². The molecule has 90 valence electrons. The number of para-hydroxylation sites is 1. The Morgan fingerprint density at radius 2 is 2.00 bits per heavy atom. The second-order valence-electron chi connectivity index (χ2n) is 3.76. The van der Waals surface area contributed by atoms with Gasteiger partial charge in [0.25, 0.3) is 0 Å². The molecule has 18 heavy (non-hydrogen) atoms. The molecule has 2 rings (SSSR count). The maximum atomic E-state index is 8.98. The third kappa shape index (κ3) is 3.04. The maximum absolute atomic E-state index is 8.98. The summed E-state index contributed by atoms with van der Waals surface area (Å²) in [5, 5.41) is 12.9. The summed E-state index contributed by atoms with van der Waals surface area (Å²) in [6.07, 6.45) is 0. The number of rotatable bonds is 3. The van der Waals surface area contributed by atoms with E-state index >= 15 is 0 Å². The van der Waals surface area contributed by atoms with E-state index in [2.05, 4.69) is 27.3 Å². The lowest BCUT2D eigenvalue weighted by Crippen LogP contribution is -2.01. The number of nitrogens with one attached hydrogen (secondary N) is 1. The molecule has 2 aromatic rings. The molecule has 0 aromatic heterocycles. The second-order valence-corrected chi connectivity index (χ2v) is 5.02. The highest BCUT2D eigenvalue weighted by atomic mass is 79.9. The van der Waals surface area contributed by atoms with Crippen LogP contribution in [0.15, 0.2) is 46.9 Å². The van der Waals surface area contributed by atoms with Crippen molar-refractivity contribution in [1.29, 1.82) is 5.26 Å². The molecule has 0 saturated carbocycles. The van der Waals surface area contributed by atoms with Gasteiger partial charge in [0.2, 0.25) is 0 Å². The Labute approximate surface area is 119 Å². The fourth-order valence-corrected chi connectivity index (χ4v) is 2.03. The average Bonchev–Trinajstić information content (AvgIpc) is 2.40. The third-order valence-corrected chi connectivity index (χ3v) is 3.75. The van der Waals surface area contributed by atoms with Gasteiger partial charge in [-0.05, 0) is 45.8 Å². The summed E-state index contributed by atoms with van der Waals surface area (Å²) in [6.45, 7) is 0.631. The monoisotopic (exact) mass is 320 g/mol. The Balaban J connectivity index is 2.12. The first-order valence-electron chi connectivity index (χ1n) is 5.37. The molecule has 0 saturated heterocycles. The van der Waals surface area contributed by atoms with E-state index in [9.17, 15) is 0 Å². The van der Waals surface area contributed by atoms with Crippen LogP contribution in [0.4, 0.5) is 5.69 Å². The van der Waals surface area contributed by atoms with E-state index in [0.29, 0.717) is 17.1 Å². The Morgan fingerprint density at radius 1 is 1.22 bits per heavy atom. The molecule has 2 nitrogen and oxygen atoms in total. The fraction of sp³-hybridized carbons (Fsp3) is 0.0714. The number of halogens is 2. The van der Waals surface area contributed by atoms with Gasteiger partial charge >= 0.3 is 0 Å². The van der Waals surface area contributed by atoms with Crippen LogP contribution in [0.5, 0.6) is 0 Å². The Bertz CT molecular complexity index is 605. The smallest absolute Gasteiger partial charge is 0.101 e. The Morgan fingerprint density at radius 3 is 2.72 bits per heavy atom. The molecule has 4 heteroatoms. The van der Waals surface area contributed by atoms with Crippen molar-refractivity contribution in [2.24, 2.45) is 0 Å². The van der Waals surface area contributed by atoms with E-state index in [4.69, 9.17) is 16.9 Å². The Kier molecular flexibility index (Phi) is 4.24. The third-order valence-electron chi connectivity index (χ3n) is 2.51. The summed E-state index contributed by atoms with van der Waals surface area (Å²) in [7, 11) is 0. The maximum Gasteiger partial charge on any atom is 0.101 e. The van der Waals surface area contributed by atoms with Crippen molar-refractivity contribution in [1.82, 2.24) is 0 Å². The summed E-state index contributed by atoms with van der Waals surface area (Å²) in [5.41, 5.74) is 2.54. The summed E-state index contributed by atoms with van der Waals surface area (Å²) >= 11 is 9.38. The second kappa shape index (κ2) is 5.90. The van der Waals surface area contributed by atoms with Crippen molar-refractivity contribution in [3.8, 4) is 6.07 Å². The fourth-order valence-electron chi connectivity index (χ4n) is 1.58. The molecule has 0 unspecified atom stereocenters. The van der Waals surface area contributed by atoms with Crippen molar-refractivity contribution in [3.05, 3.63) is 63.1 Å². The van der Waals surface area contributed by atoms with Gasteiger partial charge in [-0.15, -0.1) is 0 Å². The number of anilines is 1. The zero-order chi connectivity index (χ0) is 13.0. The van der Waals surface area contributed by atoms with Crippen LogP contribution in [0.3, 0.4) is 0 Å². The van der Waals surface area contributed by atoms with Crippen LogP contribution in [0.1, 0.15) is 11.1 Å². The number of nitrogens with zero attached hydrogens (tertiary/aromatic N) is 1. The number of nitriles is 1. The largest absolute Gasteiger partial charge is 0.380 e. The van der Waals surface area contributed by atoms with Gasteiger partial charge in [0, 0.05) is 11.0 Å². The molecular formula is C14H10BrClN2. The summed E-state index contributed by atoms with van der Waals surface area (Å²) in [4.78, 5) is 0. The SMILES string of the molecule is N#Cc1ccccc1NCc1ccc(Br)c(Cl)c1. The highest BCUT2D eigenvalue weighted by Gasteiger charge is 2.02. The van der Waals surface area contributed by atoms with Crippen LogP contribution in [0, 0.1) is 11.3 Å². The van der Waals surface area contributed by atoms with E-state index in [0.717, 1.165) is 15.7 Å². The van der Waals surface area contributed by atoms with E-state index in [1.807, 2.05) is 36.4 Å². The lowest BCUT2D eigenvalue weighted by molar-refractivity contribution is 1.14. The molecule has 0 heterocycles. The number of hydrogen-bond acceptors (Lipinski definition) is 2. The average molecular weight is 322 g/mol. The van der Waals surface area contributed by atoms with Crippen LogP contribution in [0.25, 0.3) is 0 Å². The van der Waals surface area contributed by atoms with Gasteiger partial charge in [0.05, 0.1) is 16.3 Å². The van der Waals surface area contributed by atoms with Gasteiger partial charge in [0.15, 0.2) is 0 Å². The topological polar surface area (TPSA) is 35.8 Å². The summed E-state index contributed by atoms with van der Waals surface area (Å²) in [6, 6.07) is 15.4. The quantitative estimate of drug-likeness (QED) is 0.897. The van der Waals surface area contributed by atoms with Gasteiger partial charge in [-0.1, -0.05) is 29.8 Å². The minimum absolute atomic E-state index is 0.631. The first kappa shape index (κ1) is 12.9. The molecule has 0 aliphatic heterocycles. The highest BCUT2D eigenvalue weighted by molar-refractivity contribution is 9.10. The molecule has 2 aromatic carbocycles. The van der Waals surface area contributed by atoms with Gasteiger partial charge in [-0.25, -0.2) is 0 Å². The van der Waals surface area contributed by atoms with E-state index in [1.165, 1.54) is 0 Å². The van der Waals surface area contributed by atoms with Crippen LogP contribution in [-0.4, -0.2) is 0 Å². The zero-order valence-corrected chi connectivity index (χ0v) is 11.8. The molecule has 0 aliphatic rings. The predicted octanol–water partition coefficient (Wildman–Crippen LogP) is 4.59. The summed E-state index contributed by atoms with van der Waals surface area (Å²) in [5.74, 6) is 0. The normalized spacial score (nSPS) is 9.83. The van der Waals surface area contributed by atoms with Crippen molar-refractivity contribution in [3.63, 3.8) is 0 Å². The highest BCUT2D eigenvalue weighted by Crippen LogP contribution is 2.24.